The average Bonchev–Trinajstić information content (AvgIpc) is 2.86. The number of likely N-dealkylation sites (tertiary alicyclic amines) is 1. The SMILES string of the molecule is COc1ccccc1C(=O)N1CCC[C@@H]1CO. The van der Waals surface area contributed by atoms with Crippen LogP contribution >= 0.6 is 0 Å². The Morgan fingerprint density at radius 2 is 2.29 bits per heavy atom. The molecule has 0 radical (unpaired) electrons. The normalized spacial score (nSPS) is 19.4. The van der Waals surface area contributed by atoms with Gasteiger partial charge in [0.05, 0.1) is 25.3 Å². The van der Waals surface area contributed by atoms with E-state index in [0.29, 0.717) is 17.9 Å². The van der Waals surface area contributed by atoms with Gasteiger partial charge >= 0.3 is 0 Å². The summed E-state index contributed by atoms with van der Waals surface area (Å²) in [6.07, 6.45) is 1.82. The van der Waals surface area contributed by atoms with Crippen LogP contribution in [0.15, 0.2) is 24.3 Å². The molecule has 0 aromatic heterocycles. The fraction of sp³-hybridized carbons (Fsp3) is 0.462. The van der Waals surface area contributed by atoms with Gasteiger partial charge in [0.25, 0.3) is 5.91 Å². The van der Waals surface area contributed by atoms with E-state index < -0.39 is 0 Å². The maximum atomic E-state index is 12.3. The number of hydrogen-bond donors (Lipinski definition) is 1. The van der Waals surface area contributed by atoms with Gasteiger partial charge in [0.1, 0.15) is 5.75 Å². The molecule has 1 fully saturated rings. The number of rotatable bonds is 3. The fourth-order valence-corrected chi connectivity index (χ4v) is 2.27. The molecule has 1 atom stereocenters. The lowest BCUT2D eigenvalue weighted by Crippen LogP contribution is -2.37. The Labute approximate surface area is 101 Å². The monoisotopic (exact) mass is 235 g/mol. The van der Waals surface area contributed by atoms with Crippen molar-refractivity contribution in [3.05, 3.63) is 29.8 Å². The Bertz CT molecular complexity index is 405. The third-order valence-corrected chi connectivity index (χ3v) is 3.19. The molecule has 0 aliphatic carbocycles. The van der Waals surface area contributed by atoms with Gasteiger partial charge in [-0.05, 0) is 25.0 Å². The number of aliphatic hydroxyl groups excluding tert-OH is 1. The van der Waals surface area contributed by atoms with E-state index in [1.807, 2.05) is 12.1 Å². The van der Waals surface area contributed by atoms with Crippen molar-refractivity contribution in [1.29, 1.82) is 0 Å². The van der Waals surface area contributed by atoms with Crippen LogP contribution in [0.5, 0.6) is 5.75 Å². The minimum atomic E-state index is -0.0565. The van der Waals surface area contributed by atoms with Crippen LogP contribution in [-0.4, -0.2) is 42.2 Å². The van der Waals surface area contributed by atoms with Crippen molar-refractivity contribution in [2.45, 2.75) is 18.9 Å². The fourth-order valence-electron chi connectivity index (χ4n) is 2.27. The van der Waals surface area contributed by atoms with Gasteiger partial charge in [0.15, 0.2) is 0 Å². The largest absolute Gasteiger partial charge is 0.496 e. The molecule has 0 saturated carbocycles. The summed E-state index contributed by atoms with van der Waals surface area (Å²) in [5, 5.41) is 9.23. The first-order valence-corrected chi connectivity index (χ1v) is 5.82. The molecule has 4 heteroatoms. The third-order valence-electron chi connectivity index (χ3n) is 3.19. The van der Waals surface area contributed by atoms with Crippen molar-refractivity contribution in [2.75, 3.05) is 20.3 Å². The summed E-state index contributed by atoms with van der Waals surface area (Å²) in [6.45, 7) is 0.739. The lowest BCUT2D eigenvalue weighted by molar-refractivity contribution is 0.0674. The highest BCUT2D eigenvalue weighted by Gasteiger charge is 2.29. The molecule has 0 bridgehead atoms. The molecular formula is C13H17NO3. The highest BCUT2D eigenvalue weighted by Crippen LogP contribution is 2.24. The number of ether oxygens (including phenoxy) is 1. The number of benzene rings is 1. The van der Waals surface area contributed by atoms with Crippen molar-refractivity contribution in [3.63, 3.8) is 0 Å². The van der Waals surface area contributed by atoms with Crippen LogP contribution in [0.1, 0.15) is 23.2 Å². The molecule has 17 heavy (non-hydrogen) atoms. The number of carbonyl (C=O) groups excluding carboxylic acids is 1. The number of aliphatic hydroxyl groups is 1. The van der Waals surface area contributed by atoms with E-state index in [2.05, 4.69) is 0 Å². The summed E-state index contributed by atoms with van der Waals surface area (Å²) in [7, 11) is 1.56. The van der Waals surface area contributed by atoms with E-state index in [9.17, 15) is 9.90 Å². The first kappa shape index (κ1) is 11.9. The molecule has 1 aromatic carbocycles. The maximum Gasteiger partial charge on any atom is 0.257 e. The second-order valence-corrected chi connectivity index (χ2v) is 4.18. The lowest BCUT2D eigenvalue weighted by atomic mass is 10.1. The maximum absolute atomic E-state index is 12.3. The van der Waals surface area contributed by atoms with Gasteiger partial charge in [-0.15, -0.1) is 0 Å². The quantitative estimate of drug-likeness (QED) is 0.859. The Morgan fingerprint density at radius 3 is 3.00 bits per heavy atom. The van der Waals surface area contributed by atoms with Crippen LogP contribution in [0.25, 0.3) is 0 Å². The summed E-state index contributed by atoms with van der Waals surface area (Å²) >= 11 is 0. The van der Waals surface area contributed by atoms with Gasteiger partial charge in [-0.1, -0.05) is 12.1 Å². The highest BCUT2D eigenvalue weighted by atomic mass is 16.5. The predicted molar refractivity (Wildman–Crippen MR) is 64.1 cm³/mol. The zero-order valence-corrected chi connectivity index (χ0v) is 9.93. The lowest BCUT2D eigenvalue weighted by Gasteiger charge is -2.23. The molecular weight excluding hydrogens is 218 g/mol. The van der Waals surface area contributed by atoms with Gasteiger partial charge in [-0.2, -0.15) is 0 Å². The van der Waals surface area contributed by atoms with Gasteiger partial charge < -0.3 is 14.7 Å². The molecule has 1 N–H and O–H groups in total. The second kappa shape index (κ2) is 5.19. The van der Waals surface area contributed by atoms with E-state index in [4.69, 9.17) is 4.74 Å². The standard InChI is InChI=1S/C13H17NO3/c1-17-12-7-3-2-6-11(12)13(16)14-8-4-5-10(14)9-15/h2-3,6-7,10,15H,4-5,8-9H2,1H3/t10-/m1/s1. The van der Waals surface area contributed by atoms with Crippen LogP contribution in [0.3, 0.4) is 0 Å². The zero-order chi connectivity index (χ0) is 12.3. The van der Waals surface area contributed by atoms with Crippen molar-refractivity contribution < 1.29 is 14.6 Å². The molecule has 1 saturated heterocycles. The molecule has 0 spiro atoms. The van der Waals surface area contributed by atoms with E-state index >= 15 is 0 Å². The van der Waals surface area contributed by atoms with Gasteiger partial charge in [0, 0.05) is 6.54 Å². The number of carbonyl (C=O) groups is 1. The Hall–Kier alpha value is -1.55. The molecule has 1 aromatic rings. The highest BCUT2D eigenvalue weighted by molar-refractivity contribution is 5.97. The van der Waals surface area contributed by atoms with Crippen LogP contribution in [0.2, 0.25) is 0 Å². The average molecular weight is 235 g/mol. The van der Waals surface area contributed by atoms with Crippen LogP contribution in [0.4, 0.5) is 0 Å². The van der Waals surface area contributed by atoms with E-state index in [1.165, 1.54) is 0 Å². The Balaban J connectivity index is 2.24. The molecule has 1 aliphatic rings. The third kappa shape index (κ3) is 2.26. The first-order chi connectivity index (χ1) is 8.27. The summed E-state index contributed by atoms with van der Waals surface area (Å²) in [5.41, 5.74) is 0.565. The summed E-state index contributed by atoms with van der Waals surface area (Å²) < 4.78 is 5.18. The zero-order valence-electron chi connectivity index (χ0n) is 9.93. The summed E-state index contributed by atoms with van der Waals surface area (Å²) in [5.74, 6) is 0.528. The van der Waals surface area contributed by atoms with Crippen LogP contribution < -0.4 is 4.74 Å². The molecule has 1 aliphatic heterocycles. The van der Waals surface area contributed by atoms with E-state index in [0.717, 1.165) is 12.8 Å². The van der Waals surface area contributed by atoms with Gasteiger partial charge in [-0.3, -0.25) is 4.79 Å². The molecule has 0 unspecified atom stereocenters. The summed E-state index contributed by atoms with van der Waals surface area (Å²) in [4.78, 5) is 14.1. The van der Waals surface area contributed by atoms with Crippen molar-refractivity contribution >= 4 is 5.91 Å². The van der Waals surface area contributed by atoms with Crippen LogP contribution in [-0.2, 0) is 0 Å². The van der Waals surface area contributed by atoms with Gasteiger partial charge in [-0.25, -0.2) is 0 Å². The topological polar surface area (TPSA) is 49.8 Å². The van der Waals surface area contributed by atoms with Crippen molar-refractivity contribution in [3.8, 4) is 5.75 Å². The number of hydrogen-bond acceptors (Lipinski definition) is 3. The smallest absolute Gasteiger partial charge is 0.257 e. The molecule has 2 rings (SSSR count). The first-order valence-electron chi connectivity index (χ1n) is 5.82. The Kier molecular flexibility index (Phi) is 3.64. The number of para-hydroxylation sites is 1. The predicted octanol–water partition coefficient (Wildman–Crippen LogP) is 1.29. The van der Waals surface area contributed by atoms with E-state index in [1.54, 1.807) is 24.1 Å². The molecule has 1 amide bonds. The molecule has 1 heterocycles. The minimum Gasteiger partial charge on any atom is -0.496 e. The summed E-state index contributed by atoms with van der Waals surface area (Å²) in [6, 6.07) is 7.14. The number of nitrogens with zero attached hydrogens (tertiary/aromatic N) is 1. The molecule has 92 valence electrons. The van der Waals surface area contributed by atoms with Gasteiger partial charge in [0.2, 0.25) is 0 Å². The number of amides is 1. The minimum absolute atomic E-state index is 0.0287. The Morgan fingerprint density at radius 1 is 1.53 bits per heavy atom. The molecule has 4 nitrogen and oxygen atoms in total. The van der Waals surface area contributed by atoms with Crippen LogP contribution in [0, 0.1) is 0 Å². The van der Waals surface area contributed by atoms with E-state index in [-0.39, 0.29) is 18.6 Å². The van der Waals surface area contributed by atoms with Crippen molar-refractivity contribution in [1.82, 2.24) is 4.90 Å². The number of methoxy groups -OCH3 is 1. The second-order valence-electron chi connectivity index (χ2n) is 4.18. The van der Waals surface area contributed by atoms with Crippen molar-refractivity contribution in [2.24, 2.45) is 0 Å².